The van der Waals surface area contributed by atoms with Crippen molar-refractivity contribution in [3.05, 3.63) is 28.8 Å². The van der Waals surface area contributed by atoms with Crippen LogP contribution in [0, 0.1) is 13.8 Å². The van der Waals surface area contributed by atoms with Crippen LogP contribution in [0.1, 0.15) is 23.6 Å². The van der Waals surface area contributed by atoms with Crippen LogP contribution in [-0.4, -0.2) is 26.4 Å². The number of benzene rings is 1. The Balaban J connectivity index is 2.61. The minimum absolute atomic E-state index is 0.375. The molecule has 1 N–H and O–H groups in total. The Morgan fingerprint density at radius 3 is 2.56 bits per heavy atom. The largest absolute Gasteiger partial charge is 0.496 e. The molecule has 0 radical (unpaired) electrons. The van der Waals surface area contributed by atoms with E-state index in [-0.39, 0.29) is 6.09 Å². The van der Waals surface area contributed by atoms with E-state index in [1.807, 2.05) is 6.07 Å². The lowest BCUT2D eigenvalue weighted by molar-refractivity contribution is 0.152. The van der Waals surface area contributed by atoms with Crippen molar-refractivity contribution < 1.29 is 14.3 Å². The van der Waals surface area contributed by atoms with Crippen molar-refractivity contribution in [1.29, 1.82) is 0 Å². The fourth-order valence-electron chi connectivity index (χ4n) is 1.72. The van der Waals surface area contributed by atoms with Crippen molar-refractivity contribution in [2.75, 3.05) is 20.3 Å². The maximum absolute atomic E-state index is 11.1. The Bertz CT molecular complexity index is 416. The number of hydrogen-bond donors (Lipinski definition) is 1. The van der Waals surface area contributed by atoms with Gasteiger partial charge in [0.1, 0.15) is 5.75 Å². The SMILES string of the molecule is CCOC(=O)NCCc1cc(C)c(C)cc1OC. The molecule has 0 fully saturated rings. The number of hydrogen-bond acceptors (Lipinski definition) is 3. The molecular formula is C14H21NO3. The molecule has 0 heterocycles. The summed E-state index contributed by atoms with van der Waals surface area (Å²) in [5.74, 6) is 0.865. The monoisotopic (exact) mass is 251 g/mol. The average molecular weight is 251 g/mol. The molecule has 1 aromatic rings. The minimum Gasteiger partial charge on any atom is -0.496 e. The van der Waals surface area contributed by atoms with Gasteiger partial charge in [0.2, 0.25) is 0 Å². The number of carbonyl (C=O) groups excluding carboxylic acids is 1. The molecule has 100 valence electrons. The van der Waals surface area contributed by atoms with Gasteiger partial charge in [-0.15, -0.1) is 0 Å². The Hall–Kier alpha value is -1.71. The van der Waals surface area contributed by atoms with Crippen LogP contribution >= 0.6 is 0 Å². The van der Waals surface area contributed by atoms with E-state index >= 15 is 0 Å². The van der Waals surface area contributed by atoms with E-state index in [2.05, 4.69) is 25.2 Å². The number of methoxy groups -OCH3 is 1. The first kappa shape index (κ1) is 14.4. The van der Waals surface area contributed by atoms with Crippen LogP contribution in [0.15, 0.2) is 12.1 Å². The summed E-state index contributed by atoms with van der Waals surface area (Å²) in [5.41, 5.74) is 3.52. The molecule has 0 spiro atoms. The summed E-state index contributed by atoms with van der Waals surface area (Å²) in [5, 5.41) is 2.70. The highest BCUT2D eigenvalue weighted by molar-refractivity contribution is 5.67. The second-order valence-corrected chi connectivity index (χ2v) is 4.15. The van der Waals surface area contributed by atoms with Gasteiger partial charge in [-0.05, 0) is 49.9 Å². The third kappa shape index (κ3) is 3.95. The number of nitrogens with one attached hydrogen (secondary N) is 1. The van der Waals surface area contributed by atoms with Crippen LogP contribution in [-0.2, 0) is 11.2 Å². The fraction of sp³-hybridized carbons (Fsp3) is 0.500. The molecule has 0 aromatic heterocycles. The lowest BCUT2D eigenvalue weighted by Gasteiger charge is -2.12. The van der Waals surface area contributed by atoms with Crippen molar-refractivity contribution in [3.8, 4) is 5.75 Å². The van der Waals surface area contributed by atoms with Crippen LogP contribution in [0.3, 0.4) is 0 Å². The molecule has 0 atom stereocenters. The number of ether oxygens (including phenoxy) is 2. The summed E-state index contributed by atoms with van der Waals surface area (Å²) in [4.78, 5) is 11.1. The first-order chi connectivity index (χ1) is 8.58. The van der Waals surface area contributed by atoms with Gasteiger partial charge in [-0.1, -0.05) is 6.07 Å². The highest BCUT2D eigenvalue weighted by Gasteiger charge is 2.07. The van der Waals surface area contributed by atoms with Crippen LogP contribution in [0.5, 0.6) is 5.75 Å². The van der Waals surface area contributed by atoms with Crippen molar-refractivity contribution >= 4 is 6.09 Å². The van der Waals surface area contributed by atoms with E-state index < -0.39 is 0 Å². The van der Waals surface area contributed by atoms with Gasteiger partial charge >= 0.3 is 6.09 Å². The molecule has 1 aromatic carbocycles. The smallest absolute Gasteiger partial charge is 0.407 e. The van der Waals surface area contributed by atoms with Crippen LogP contribution in [0.2, 0.25) is 0 Å². The molecule has 0 aliphatic rings. The lowest BCUT2D eigenvalue weighted by atomic mass is 10.0. The predicted molar refractivity (Wildman–Crippen MR) is 71.2 cm³/mol. The Morgan fingerprint density at radius 1 is 1.28 bits per heavy atom. The van der Waals surface area contributed by atoms with Crippen molar-refractivity contribution in [1.82, 2.24) is 5.32 Å². The van der Waals surface area contributed by atoms with Gasteiger partial charge in [-0.25, -0.2) is 4.79 Å². The molecule has 1 amide bonds. The highest BCUT2D eigenvalue weighted by Crippen LogP contribution is 2.23. The summed E-state index contributed by atoms with van der Waals surface area (Å²) < 4.78 is 10.1. The zero-order chi connectivity index (χ0) is 13.5. The normalized spacial score (nSPS) is 10.0. The zero-order valence-electron chi connectivity index (χ0n) is 11.5. The van der Waals surface area contributed by atoms with Crippen molar-refractivity contribution in [2.45, 2.75) is 27.2 Å². The fourth-order valence-corrected chi connectivity index (χ4v) is 1.72. The second-order valence-electron chi connectivity index (χ2n) is 4.15. The quantitative estimate of drug-likeness (QED) is 0.875. The Kier molecular flexibility index (Phi) is 5.49. The predicted octanol–water partition coefficient (Wildman–Crippen LogP) is 2.60. The van der Waals surface area contributed by atoms with Gasteiger partial charge in [-0.3, -0.25) is 0 Å². The maximum Gasteiger partial charge on any atom is 0.407 e. The highest BCUT2D eigenvalue weighted by atomic mass is 16.5. The average Bonchev–Trinajstić information content (AvgIpc) is 2.33. The first-order valence-corrected chi connectivity index (χ1v) is 6.13. The third-order valence-corrected chi connectivity index (χ3v) is 2.84. The third-order valence-electron chi connectivity index (χ3n) is 2.84. The second kappa shape index (κ2) is 6.89. The molecule has 18 heavy (non-hydrogen) atoms. The lowest BCUT2D eigenvalue weighted by Crippen LogP contribution is -2.26. The molecule has 0 aliphatic heterocycles. The van der Waals surface area contributed by atoms with E-state index in [9.17, 15) is 4.79 Å². The van der Waals surface area contributed by atoms with Gasteiger partial charge in [0.15, 0.2) is 0 Å². The molecule has 0 saturated carbocycles. The van der Waals surface area contributed by atoms with Gasteiger partial charge in [0.05, 0.1) is 13.7 Å². The maximum atomic E-state index is 11.1. The number of alkyl carbamates (subject to hydrolysis) is 1. The van der Waals surface area contributed by atoms with Crippen LogP contribution in [0.4, 0.5) is 4.79 Å². The van der Waals surface area contributed by atoms with Crippen LogP contribution in [0.25, 0.3) is 0 Å². The number of aryl methyl sites for hydroxylation is 2. The van der Waals surface area contributed by atoms with E-state index in [0.717, 1.165) is 17.7 Å². The Morgan fingerprint density at radius 2 is 1.94 bits per heavy atom. The standard InChI is InChI=1S/C14H21NO3/c1-5-18-14(16)15-7-6-12-8-10(2)11(3)9-13(12)17-4/h8-9H,5-7H2,1-4H3,(H,15,16). The summed E-state index contributed by atoms with van der Waals surface area (Å²) >= 11 is 0. The van der Waals surface area contributed by atoms with Crippen LogP contribution < -0.4 is 10.1 Å². The Labute approximate surface area is 108 Å². The van der Waals surface area contributed by atoms with E-state index in [1.165, 1.54) is 11.1 Å². The number of rotatable bonds is 5. The van der Waals surface area contributed by atoms with Gasteiger partial charge < -0.3 is 14.8 Å². The minimum atomic E-state index is -0.375. The molecule has 1 rings (SSSR count). The zero-order valence-corrected chi connectivity index (χ0v) is 11.5. The molecule has 0 aliphatic carbocycles. The summed E-state index contributed by atoms with van der Waals surface area (Å²) in [6.07, 6.45) is 0.351. The topological polar surface area (TPSA) is 47.6 Å². The van der Waals surface area contributed by atoms with Crippen molar-refractivity contribution in [3.63, 3.8) is 0 Å². The number of amides is 1. The number of carbonyl (C=O) groups is 1. The van der Waals surface area contributed by atoms with E-state index in [1.54, 1.807) is 14.0 Å². The van der Waals surface area contributed by atoms with E-state index in [0.29, 0.717) is 13.2 Å². The first-order valence-electron chi connectivity index (χ1n) is 6.13. The molecule has 0 unspecified atom stereocenters. The van der Waals surface area contributed by atoms with Crippen molar-refractivity contribution in [2.24, 2.45) is 0 Å². The summed E-state index contributed by atoms with van der Waals surface area (Å²) in [7, 11) is 1.66. The van der Waals surface area contributed by atoms with Gasteiger partial charge in [0, 0.05) is 6.54 Å². The van der Waals surface area contributed by atoms with Gasteiger partial charge in [0.25, 0.3) is 0 Å². The van der Waals surface area contributed by atoms with E-state index in [4.69, 9.17) is 9.47 Å². The molecule has 4 heteroatoms. The summed E-state index contributed by atoms with van der Waals surface area (Å²) in [6, 6.07) is 4.12. The molecule has 0 bridgehead atoms. The summed E-state index contributed by atoms with van der Waals surface area (Å²) in [6.45, 7) is 6.83. The molecular weight excluding hydrogens is 230 g/mol. The van der Waals surface area contributed by atoms with Gasteiger partial charge in [-0.2, -0.15) is 0 Å². The molecule has 4 nitrogen and oxygen atoms in total. The molecule has 0 saturated heterocycles.